The van der Waals surface area contributed by atoms with Gasteiger partial charge in [-0.2, -0.15) is 0 Å². The zero-order valence-corrected chi connectivity index (χ0v) is 8.28. The van der Waals surface area contributed by atoms with E-state index in [0.29, 0.717) is 0 Å². The maximum atomic E-state index is 2.32. The summed E-state index contributed by atoms with van der Waals surface area (Å²) in [6.45, 7) is 9.29. The van der Waals surface area contributed by atoms with Gasteiger partial charge >= 0.3 is 0 Å². The van der Waals surface area contributed by atoms with Crippen molar-refractivity contribution in [3.63, 3.8) is 0 Å². The van der Waals surface area contributed by atoms with Crippen molar-refractivity contribution >= 4 is 0 Å². The highest BCUT2D eigenvalue weighted by atomic mass is 14.2. The summed E-state index contributed by atoms with van der Waals surface area (Å²) in [5.41, 5.74) is 3.50. The van der Waals surface area contributed by atoms with E-state index in [1.165, 1.54) is 19.3 Å². The molecule has 0 saturated heterocycles. The van der Waals surface area contributed by atoms with Gasteiger partial charge < -0.3 is 0 Å². The lowest BCUT2D eigenvalue weighted by atomic mass is 9.93. The molecule has 1 aliphatic rings. The van der Waals surface area contributed by atoms with E-state index in [1.54, 1.807) is 11.1 Å². The van der Waals surface area contributed by atoms with Crippen LogP contribution >= 0.6 is 0 Å². The molecule has 0 aromatic carbocycles. The Labute approximate surface area is 70.7 Å². The lowest BCUT2D eigenvalue weighted by Gasteiger charge is -2.13. The Hall–Kier alpha value is -0.260. The highest BCUT2D eigenvalue weighted by Crippen LogP contribution is 2.35. The van der Waals surface area contributed by atoms with E-state index < -0.39 is 0 Å². The van der Waals surface area contributed by atoms with Crippen molar-refractivity contribution in [2.24, 2.45) is 11.8 Å². The maximum Gasteiger partial charge on any atom is -0.0257 e. The van der Waals surface area contributed by atoms with Gasteiger partial charge in [0.05, 0.1) is 0 Å². The molecule has 0 unspecified atom stereocenters. The molecule has 64 valence electrons. The molecular formula is C11H20. The minimum atomic E-state index is 0.787. The second-order valence-corrected chi connectivity index (χ2v) is 4.21. The van der Waals surface area contributed by atoms with Gasteiger partial charge in [-0.3, -0.25) is 0 Å². The second kappa shape index (κ2) is 3.42. The molecule has 0 atom stereocenters. The fraction of sp³-hybridized carbons (Fsp3) is 0.818. The van der Waals surface area contributed by atoms with Crippen LogP contribution in [0.15, 0.2) is 11.1 Å². The molecule has 0 N–H and O–H groups in total. The van der Waals surface area contributed by atoms with E-state index >= 15 is 0 Å². The van der Waals surface area contributed by atoms with Crippen molar-refractivity contribution in [2.75, 3.05) is 0 Å². The van der Waals surface area contributed by atoms with Gasteiger partial charge in [0.1, 0.15) is 0 Å². The molecule has 0 radical (unpaired) electrons. The summed E-state index contributed by atoms with van der Waals surface area (Å²) >= 11 is 0. The minimum absolute atomic E-state index is 0.787. The Morgan fingerprint density at radius 3 is 1.45 bits per heavy atom. The molecule has 0 aromatic rings. The van der Waals surface area contributed by atoms with E-state index in [9.17, 15) is 0 Å². The molecule has 1 aliphatic carbocycles. The SMILES string of the molecule is CC(C)C1=C(C(C)C)CCC1. The number of hydrogen-bond donors (Lipinski definition) is 0. The van der Waals surface area contributed by atoms with Crippen molar-refractivity contribution in [2.45, 2.75) is 47.0 Å². The molecule has 1 rings (SSSR count). The van der Waals surface area contributed by atoms with Crippen LogP contribution < -0.4 is 0 Å². The standard InChI is InChI=1S/C11H20/c1-8(2)10-6-5-7-11(10)9(3)4/h8-9H,5-7H2,1-4H3. The highest BCUT2D eigenvalue weighted by molar-refractivity contribution is 5.22. The summed E-state index contributed by atoms with van der Waals surface area (Å²) in [4.78, 5) is 0. The van der Waals surface area contributed by atoms with Crippen molar-refractivity contribution in [3.05, 3.63) is 11.1 Å². The number of rotatable bonds is 2. The summed E-state index contributed by atoms with van der Waals surface area (Å²) in [5.74, 6) is 1.57. The maximum absolute atomic E-state index is 2.32. The van der Waals surface area contributed by atoms with Crippen molar-refractivity contribution in [1.29, 1.82) is 0 Å². The van der Waals surface area contributed by atoms with Crippen LogP contribution in [0.4, 0.5) is 0 Å². The van der Waals surface area contributed by atoms with Gasteiger partial charge in [0.15, 0.2) is 0 Å². The van der Waals surface area contributed by atoms with Gasteiger partial charge in [-0.05, 0) is 31.1 Å². The van der Waals surface area contributed by atoms with E-state index in [4.69, 9.17) is 0 Å². The van der Waals surface area contributed by atoms with E-state index in [-0.39, 0.29) is 0 Å². The van der Waals surface area contributed by atoms with Gasteiger partial charge in [-0.1, -0.05) is 38.8 Å². The number of hydrogen-bond acceptors (Lipinski definition) is 0. The zero-order chi connectivity index (χ0) is 8.43. The first-order valence-electron chi connectivity index (χ1n) is 4.84. The largest absolute Gasteiger partial charge is 0.0682 e. The third-order valence-electron chi connectivity index (χ3n) is 2.70. The average molecular weight is 152 g/mol. The smallest absolute Gasteiger partial charge is 0.0257 e. The predicted molar refractivity (Wildman–Crippen MR) is 50.6 cm³/mol. The fourth-order valence-electron chi connectivity index (χ4n) is 2.11. The topological polar surface area (TPSA) is 0 Å². The first kappa shape index (κ1) is 8.83. The first-order chi connectivity index (χ1) is 5.13. The summed E-state index contributed by atoms with van der Waals surface area (Å²) in [6, 6.07) is 0. The third kappa shape index (κ3) is 1.85. The van der Waals surface area contributed by atoms with Gasteiger partial charge in [-0.25, -0.2) is 0 Å². The Kier molecular flexibility index (Phi) is 2.75. The minimum Gasteiger partial charge on any atom is -0.0682 e. The molecular weight excluding hydrogens is 132 g/mol. The van der Waals surface area contributed by atoms with E-state index in [2.05, 4.69) is 27.7 Å². The molecule has 0 fully saturated rings. The summed E-state index contributed by atoms with van der Waals surface area (Å²) in [6.07, 6.45) is 4.14. The van der Waals surface area contributed by atoms with E-state index in [1.807, 2.05) is 0 Å². The van der Waals surface area contributed by atoms with E-state index in [0.717, 1.165) is 11.8 Å². The zero-order valence-electron chi connectivity index (χ0n) is 8.28. The van der Waals surface area contributed by atoms with Crippen LogP contribution in [0.2, 0.25) is 0 Å². The molecule has 0 heteroatoms. The Bertz CT molecular complexity index is 143. The molecule has 0 nitrogen and oxygen atoms in total. The molecule has 0 saturated carbocycles. The number of allylic oxidation sites excluding steroid dienone is 2. The van der Waals surface area contributed by atoms with Crippen molar-refractivity contribution < 1.29 is 0 Å². The predicted octanol–water partition coefficient (Wildman–Crippen LogP) is 3.78. The quantitative estimate of drug-likeness (QED) is 0.528. The monoisotopic (exact) mass is 152 g/mol. The second-order valence-electron chi connectivity index (χ2n) is 4.21. The average Bonchev–Trinajstić information content (AvgIpc) is 2.32. The summed E-state index contributed by atoms with van der Waals surface area (Å²) in [7, 11) is 0. The van der Waals surface area contributed by atoms with Gasteiger partial charge in [0, 0.05) is 0 Å². The molecule has 0 aliphatic heterocycles. The molecule has 11 heavy (non-hydrogen) atoms. The van der Waals surface area contributed by atoms with Crippen LogP contribution in [0.25, 0.3) is 0 Å². The van der Waals surface area contributed by atoms with Gasteiger partial charge in [0.2, 0.25) is 0 Å². The lowest BCUT2D eigenvalue weighted by Crippen LogP contribution is -1.98. The molecule has 0 aromatic heterocycles. The Balaban J connectivity index is 2.77. The third-order valence-corrected chi connectivity index (χ3v) is 2.70. The molecule has 0 bridgehead atoms. The summed E-state index contributed by atoms with van der Waals surface area (Å²) in [5, 5.41) is 0. The van der Waals surface area contributed by atoms with Crippen LogP contribution in [-0.4, -0.2) is 0 Å². The molecule has 0 spiro atoms. The lowest BCUT2D eigenvalue weighted by molar-refractivity contribution is 0.691. The normalized spacial score (nSPS) is 19.1. The van der Waals surface area contributed by atoms with Gasteiger partial charge in [-0.15, -0.1) is 0 Å². The summed E-state index contributed by atoms with van der Waals surface area (Å²) < 4.78 is 0. The van der Waals surface area contributed by atoms with Crippen LogP contribution in [0.3, 0.4) is 0 Å². The highest BCUT2D eigenvalue weighted by Gasteiger charge is 2.18. The fourth-order valence-corrected chi connectivity index (χ4v) is 2.11. The van der Waals surface area contributed by atoms with Crippen LogP contribution in [-0.2, 0) is 0 Å². The Morgan fingerprint density at radius 2 is 1.18 bits per heavy atom. The van der Waals surface area contributed by atoms with Crippen LogP contribution in [0.1, 0.15) is 47.0 Å². The van der Waals surface area contributed by atoms with Crippen molar-refractivity contribution in [3.8, 4) is 0 Å². The van der Waals surface area contributed by atoms with Crippen molar-refractivity contribution in [1.82, 2.24) is 0 Å². The molecule has 0 amide bonds. The van der Waals surface area contributed by atoms with Gasteiger partial charge in [0.25, 0.3) is 0 Å². The van der Waals surface area contributed by atoms with Crippen LogP contribution in [0.5, 0.6) is 0 Å². The Morgan fingerprint density at radius 1 is 0.818 bits per heavy atom. The molecule has 0 heterocycles. The first-order valence-corrected chi connectivity index (χ1v) is 4.84. The van der Waals surface area contributed by atoms with Crippen LogP contribution in [0, 0.1) is 11.8 Å².